The zero-order valence-corrected chi connectivity index (χ0v) is 18.1. The topological polar surface area (TPSA) is 98.4 Å². The molecule has 168 valence electrons. The summed E-state index contributed by atoms with van der Waals surface area (Å²) in [5, 5.41) is 9.62. The van der Waals surface area contributed by atoms with Crippen molar-refractivity contribution in [1.82, 2.24) is 9.78 Å². The van der Waals surface area contributed by atoms with E-state index < -0.39 is 11.7 Å². The Kier molecular flexibility index (Phi) is 6.41. The second-order valence-electron chi connectivity index (χ2n) is 6.99. The summed E-state index contributed by atoms with van der Waals surface area (Å²) in [7, 11) is 1.72. The van der Waals surface area contributed by atoms with Crippen LogP contribution < -0.4 is 15.4 Å². The van der Waals surface area contributed by atoms with Gasteiger partial charge in [0, 0.05) is 24.6 Å². The molecule has 0 unspecified atom stereocenters. The lowest BCUT2D eigenvalue weighted by Gasteiger charge is -2.08. The third-order valence-electron chi connectivity index (χ3n) is 4.47. The molecule has 8 nitrogen and oxygen atoms in total. The van der Waals surface area contributed by atoms with Crippen molar-refractivity contribution in [3.63, 3.8) is 0 Å². The highest BCUT2D eigenvalue weighted by atomic mass is 35.5. The first-order valence-electron chi connectivity index (χ1n) is 9.76. The van der Waals surface area contributed by atoms with E-state index in [1.165, 1.54) is 22.9 Å². The van der Waals surface area contributed by atoms with Gasteiger partial charge in [0.15, 0.2) is 11.5 Å². The number of carbonyl (C=O) groups excluding carboxylic acids is 2. The van der Waals surface area contributed by atoms with Crippen molar-refractivity contribution in [1.29, 1.82) is 0 Å². The molecule has 2 aromatic heterocycles. The minimum atomic E-state index is -0.478. The van der Waals surface area contributed by atoms with Gasteiger partial charge >= 0.3 is 0 Å². The lowest BCUT2D eigenvalue weighted by molar-refractivity contribution is 0.0991. The summed E-state index contributed by atoms with van der Waals surface area (Å²) >= 11 is 5.93. The van der Waals surface area contributed by atoms with Crippen LogP contribution in [0.25, 0.3) is 0 Å². The first kappa shape index (κ1) is 22.1. The average molecular weight is 469 g/mol. The summed E-state index contributed by atoms with van der Waals surface area (Å²) in [6.07, 6.45) is 1.67. The molecule has 0 radical (unpaired) electrons. The SMILES string of the molecule is Cn1ccc(C(=O)Nc2cccc(NC(=O)c3ccc(COc4ccc(F)cc4Cl)o3)c2)n1. The number of benzene rings is 2. The molecule has 0 spiro atoms. The molecule has 2 aromatic carbocycles. The van der Waals surface area contributed by atoms with Crippen LogP contribution in [-0.2, 0) is 13.7 Å². The van der Waals surface area contributed by atoms with Crippen LogP contribution in [0.1, 0.15) is 26.8 Å². The quantitative estimate of drug-likeness (QED) is 0.402. The predicted molar refractivity (Wildman–Crippen MR) is 120 cm³/mol. The maximum absolute atomic E-state index is 13.1. The highest BCUT2D eigenvalue weighted by Crippen LogP contribution is 2.26. The van der Waals surface area contributed by atoms with E-state index in [-0.39, 0.29) is 29.0 Å². The first-order chi connectivity index (χ1) is 15.9. The molecule has 4 rings (SSSR count). The van der Waals surface area contributed by atoms with E-state index in [0.29, 0.717) is 22.9 Å². The van der Waals surface area contributed by atoms with Gasteiger partial charge in [-0.15, -0.1) is 0 Å². The van der Waals surface area contributed by atoms with Crippen LogP contribution in [0.5, 0.6) is 5.75 Å². The third-order valence-corrected chi connectivity index (χ3v) is 4.77. The molecule has 33 heavy (non-hydrogen) atoms. The Balaban J connectivity index is 1.36. The van der Waals surface area contributed by atoms with Crippen molar-refractivity contribution in [3.8, 4) is 5.75 Å². The molecule has 10 heteroatoms. The minimum Gasteiger partial charge on any atom is -0.484 e. The zero-order valence-electron chi connectivity index (χ0n) is 17.3. The molecule has 4 aromatic rings. The Morgan fingerprint density at radius 3 is 2.52 bits per heavy atom. The van der Waals surface area contributed by atoms with E-state index in [1.54, 1.807) is 49.6 Å². The smallest absolute Gasteiger partial charge is 0.291 e. The molecule has 2 amide bonds. The van der Waals surface area contributed by atoms with Gasteiger partial charge in [-0.05, 0) is 54.6 Å². The highest BCUT2D eigenvalue weighted by molar-refractivity contribution is 6.32. The van der Waals surface area contributed by atoms with Gasteiger partial charge in [0.2, 0.25) is 0 Å². The number of aromatic nitrogens is 2. The van der Waals surface area contributed by atoms with Crippen molar-refractivity contribution in [2.45, 2.75) is 6.61 Å². The fourth-order valence-electron chi connectivity index (χ4n) is 2.92. The van der Waals surface area contributed by atoms with E-state index in [1.807, 2.05) is 0 Å². The summed E-state index contributed by atoms with van der Waals surface area (Å²) in [4.78, 5) is 24.8. The number of carbonyl (C=O) groups is 2. The largest absolute Gasteiger partial charge is 0.484 e. The Labute approximate surface area is 192 Å². The summed E-state index contributed by atoms with van der Waals surface area (Å²) in [6.45, 7) is 0.00761. The van der Waals surface area contributed by atoms with Crippen LogP contribution in [0.15, 0.2) is 71.3 Å². The number of amides is 2. The molecule has 2 N–H and O–H groups in total. The molecule has 0 bridgehead atoms. The third kappa shape index (κ3) is 5.58. The standard InChI is InChI=1S/C23H18ClFN4O4/c1-29-10-9-19(28-29)22(30)26-15-3-2-4-16(12-15)27-23(31)21-8-6-17(33-21)13-32-20-7-5-14(25)11-18(20)24/h2-12H,13H2,1H3,(H,26,30)(H,27,31). The van der Waals surface area contributed by atoms with Crippen molar-refractivity contribution < 1.29 is 23.1 Å². The fourth-order valence-corrected chi connectivity index (χ4v) is 3.14. The molecule has 0 fully saturated rings. The Bertz CT molecular complexity index is 1320. The number of furan rings is 1. The fraction of sp³-hybridized carbons (Fsp3) is 0.0870. The van der Waals surface area contributed by atoms with E-state index in [9.17, 15) is 14.0 Å². The number of hydrogen-bond acceptors (Lipinski definition) is 5. The van der Waals surface area contributed by atoms with Crippen molar-refractivity contribution in [2.75, 3.05) is 10.6 Å². The van der Waals surface area contributed by atoms with Crippen molar-refractivity contribution in [3.05, 3.63) is 94.9 Å². The van der Waals surface area contributed by atoms with Gasteiger partial charge in [-0.1, -0.05) is 17.7 Å². The molecular formula is C23H18ClFN4O4. The van der Waals surface area contributed by atoms with Crippen molar-refractivity contribution >= 4 is 34.8 Å². The number of rotatable bonds is 7. The number of anilines is 2. The molecule has 0 saturated heterocycles. The van der Waals surface area contributed by atoms with E-state index in [4.69, 9.17) is 20.8 Å². The van der Waals surface area contributed by atoms with Gasteiger partial charge in [0.05, 0.1) is 5.02 Å². The van der Waals surface area contributed by atoms with Gasteiger partial charge in [-0.2, -0.15) is 5.10 Å². The number of ether oxygens (including phenoxy) is 1. The number of hydrogen-bond donors (Lipinski definition) is 2. The highest BCUT2D eigenvalue weighted by Gasteiger charge is 2.14. The summed E-state index contributed by atoms with van der Waals surface area (Å²) < 4.78 is 25.7. The first-order valence-corrected chi connectivity index (χ1v) is 10.1. The van der Waals surface area contributed by atoms with Crippen LogP contribution >= 0.6 is 11.6 Å². The molecule has 0 aliphatic heterocycles. The van der Waals surface area contributed by atoms with E-state index in [2.05, 4.69) is 15.7 Å². The molecule has 0 saturated carbocycles. The maximum Gasteiger partial charge on any atom is 0.291 e. The van der Waals surface area contributed by atoms with E-state index >= 15 is 0 Å². The van der Waals surface area contributed by atoms with Gasteiger partial charge in [-0.3, -0.25) is 14.3 Å². The number of nitrogens with one attached hydrogen (secondary N) is 2. The Morgan fingerprint density at radius 2 is 1.82 bits per heavy atom. The minimum absolute atomic E-state index is 0.00761. The van der Waals surface area contributed by atoms with Gasteiger partial charge in [-0.25, -0.2) is 4.39 Å². The van der Waals surface area contributed by atoms with Gasteiger partial charge < -0.3 is 19.8 Å². The summed E-state index contributed by atoms with van der Waals surface area (Å²) in [6, 6.07) is 15.2. The lowest BCUT2D eigenvalue weighted by atomic mass is 10.2. The zero-order chi connectivity index (χ0) is 23.4. The monoisotopic (exact) mass is 468 g/mol. The second kappa shape index (κ2) is 9.58. The number of nitrogens with zero attached hydrogens (tertiary/aromatic N) is 2. The van der Waals surface area contributed by atoms with Crippen LogP contribution in [0.4, 0.5) is 15.8 Å². The van der Waals surface area contributed by atoms with Crippen LogP contribution in [-0.4, -0.2) is 21.6 Å². The van der Waals surface area contributed by atoms with Crippen LogP contribution in [0.2, 0.25) is 5.02 Å². The van der Waals surface area contributed by atoms with E-state index in [0.717, 1.165) is 6.07 Å². The van der Waals surface area contributed by atoms with Crippen LogP contribution in [0.3, 0.4) is 0 Å². The summed E-state index contributed by atoms with van der Waals surface area (Å²) in [5.74, 6) is -0.557. The molecule has 0 aliphatic rings. The number of aryl methyl sites for hydroxylation is 1. The van der Waals surface area contributed by atoms with Gasteiger partial charge in [0.1, 0.15) is 23.9 Å². The Morgan fingerprint density at radius 1 is 1.06 bits per heavy atom. The van der Waals surface area contributed by atoms with Crippen LogP contribution in [0, 0.1) is 5.82 Å². The van der Waals surface area contributed by atoms with Gasteiger partial charge in [0.25, 0.3) is 11.8 Å². The Hall–Kier alpha value is -4.11. The lowest BCUT2D eigenvalue weighted by Crippen LogP contribution is -2.14. The average Bonchev–Trinajstić information content (AvgIpc) is 3.43. The molecule has 0 atom stereocenters. The molecule has 2 heterocycles. The number of halogens is 2. The predicted octanol–water partition coefficient (Wildman–Crippen LogP) is 4.89. The second-order valence-corrected chi connectivity index (χ2v) is 7.40. The maximum atomic E-state index is 13.1. The normalized spacial score (nSPS) is 10.6. The summed E-state index contributed by atoms with van der Waals surface area (Å²) in [5.41, 5.74) is 1.23. The molecular weight excluding hydrogens is 451 g/mol. The molecule has 0 aliphatic carbocycles. The van der Waals surface area contributed by atoms with Crippen molar-refractivity contribution in [2.24, 2.45) is 7.05 Å².